The smallest absolute Gasteiger partial charge is 0.269 e. The SMILES string of the molecule is CCNc1nc(N)c(C(=O)Nc2cccnc2)s1. The van der Waals surface area contributed by atoms with Gasteiger partial charge in [-0.05, 0) is 19.1 Å². The van der Waals surface area contributed by atoms with Crippen molar-refractivity contribution < 1.29 is 4.79 Å². The lowest BCUT2D eigenvalue weighted by Gasteiger charge is -2.02. The highest BCUT2D eigenvalue weighted by Crippen LogP contribution is 2.25. The predicted molar refractivity (Wildman–Crippen MR) is 72.9 cm³/mol. The van der Waals surface area contributed by atoms with Crippen LogP contribution in [0, 0.1) is 0 Å². The Balaban J connectivity index is 2.14. The van der Waals surface area contributed by atoms with Crippen LogP contribution < -0.4 is 16.4 Å². The first-order chi connectivity index (χ1) is 8.70. The van der Waals surface area contributed by atoms with E-state index in [0.29, 0.717) is 15.7 Å². The molecule has 0 aliphatic heterocycles. The second-order valence-electron chi connectivity index (χ2n) is 3.46. The number of pyridine rings is 1. The lowest BCUT2D eigenvalue weighted by molar-refractivity contribution is 0.103. The Morgan fingerprint density at radius 3 is 3.06 bits per heavy atom. The second kappa shape index (κ2) is 5.46. The quantitative estimate of drug-likeness (QED) is 0.782. The predicted octanol–water partition coefficient (Wildman–Crippen LogP) is 1.80. The summed E-state index contributed by atoms with van der Waals surface area (Å²) in [5, 5.41) is 6.38. The van der Waals surface area contributed by atoms with Gasteiger partial charge < -0.3 is 16.4 Å². The minimum absolute atomic E-state index is 0.234. The van der Waals surface area contributed by atoms with E-state index in [9.17, 15) is 4.79 Å². The molecule has 0 saturated heterocycles. The molecule has 1 amide bonds. The average molecular weight is 263 g/mol. The number of nitrogens with one attached hydrogen (secondary N) is 2. The zero-order chi connectivity index (χ0) is 13.0. The first-order valence-electron chi connectivity index (χ1n) is 5.42. The number of anilines is 3. The number of rotatable bonds is 4. The molecule has 0 aromatic carbocycles. The van der Waals surface area contributed by atoms with Gasteiger partial charge in [0.1, 0.15) is 10.7 Å². The van der Waals surface area contributed by atoms with E-state index < -0.39 is 0 Å². The van der Waals surface area contributed by atoms with E-state index in [2.05, 4.69) is 20.6 Å². The van der Waals surface area contributed by atoms with Crippen molar-refractivity contribution in [2.45, 2.75) is 6.92 Å². The molecular formula is C11H13N5OS. The topological polar surface area (TPSA) is 92.9 Å². The summed E-state index contributed by atoms with van der Waals surface area (Å²) in [6.07, 6.45) is 3.21. The van der Waals surface area contributed by atoms with E-state index in [4.69, 9.17) is 5.73 Å². The summed E-state index contributed by atoms with van der Waals surface area (Å²) in [7, 11) is 0. The lowest BCUT2D eigenvalue weighted by Crippen LogP contribution is -2.12. The maximum absolute atomic E-state index is 12.0. The van der Waals surface area contributed by atoms with E-state index >= 15 is 0 Å². The summed E-state index contributed by atoms with van der Waals surface area (Å²) in [5.41, 5.74) is 6.33. The second-order valence-corrected chi connectivity index (χ2v) is 4.46. The van der Waals surface area contributed by atoms with Crippen LogP contribution in [-0.4, -0.2) is 22.4 Å². The van der Waals surface area contributed by atoms with Gasteiger partial charge in [0, 0.05) is 12.7 Å². The van der Waals surface area contributed by atoms with Crippen molar-refractivity contribution in [2.75, 3.05) is 22.9 Å². The molecular weight excluding hydrogens is 250 g/mol. The van der Waals surface area contributed by atoms with Gasteiger partial charge in [-0.15, -0.1) is 0 Å². The molecule has 0 bridgehead atoms. The van der Waals surface area contributed by atoms with Gasteiger partial charge in [-0.3, -0.25) is 9.78 Å². The van der Waals surface area contributed by atoms with Crippen LogP contribution in [0.25, 0.3) is 0 Å². The standard InChI is InChI=1S/C11H13N5OS/c1-2-14-11-16-9(12)8(18-11)10(17)15-7-4-3-5-13-6-7/h3-6H,2,12H2,1H3,(H,14,16)(H,15,17). The Kier molecular flexibility index (Phi) is 3.73. The van der Waals surface area contributed by atoms with E-state index in [0.717, 1.165) is 6.54 Å². The molecule has 0 spiro atoms. The molecule has 18 heavy (non-hydrogen) atoms. The average Bonchev–Trinajstić information content (AvgIpc) is 2.72. The fourth-order valence-corrected chi connectivity index (χ4v) is 2.19. The molecule has 2 aromatic heterocycles. The maximum Gasteiger partial charge on any atom is 0.269 e. The Hall–Kier alpha value is -2.15. The highest BCUT2D eigenvalue weighted by Gasteiger charge is 2.16. The van der Waals surface area contributed by atoms with Gasteiger partial charge >= 0.3 is 0 Å². The van der Waals surface area contributed by atoms with E-state index in [1.165, 1.54) is 11.3 Å². The number of nitrogens with zero attached hydrogens (tertiary/aromatic N) is 2. The number of amides is 1. The molecule has 0 atom stereocenters. The lowest BCUT2D eigenvalue weighted by atomic mass is 10.4. The van der Waals surface area contributed by atoms with Gasteiger partial charge in [-0.25, -0.2) is 4.98 Å². The van der Waals surface area contributed by atoms with Crippen molar-refractivity contribution in [2.24, 2.45) is 0 Å². The molecule has 2 aromatic rings. The summed E-state index contributed by atoms with van der Waals surface area (Å²) in [6.45, 7) is 2.68. The Morgan fingerprint density at radius 2 is 2.39 bits per heavy atom. The van der Waals surface area contributed by atoms with Crippen LogP contribution in [0.5, 0.6) is 0 Å². The van der Waals surface area contributed by atoms with Crippen molar-refractivity contribution in [3.8, 4) is 0 Å². The number of aromatic nitrogens is 2. The number of carbonyl (C=O) groups excluding carboxylic acids is 1. The highest BCUT2D eigenvalue weighted by atomic mass is 32.1. The van der Waals surface area contributed by atoms with Crippen molar-refractivity contribution in [1.82, 2.24) is 9.97 Å². The van der Waals surface area contributed by atoms with Crippen LogP contribution >= 0.6 is 11.3 Å². The number of nitrogen functional groups attached to an aromatic ring is 1. The Morgan fingerprint density at radius 1 is 1.56 bits per heavy atom. The molecule has 4 N–H and O–H groups in total. The number of nitrogens with two attached hydrogens (primary N) is 1. The van der Waals surface area contributed by atoms with Crippen LogP contribution in [0.3, 0.4) is 0 Å². The summed E-state index contributed by atoms with van der Waals surface area (Å²) in [5.74, 6) is -0.0421. The summed E-state index contributed by atoms with van der Waals surface area (Å²) in [4.78, 5) is 20.4. The number of thiazole rings is 1. The zero-order valence-electron chi connectivity index (χ0n) is 9.80. The maximum atomic E-state index is 12.0. The molecule has 2 heterocycles. The first kappa shape index (κ1) is 12.3. The Labute approximate surface area is 108 Å². The normalized spacial score (nSPS) is 10.1. The number of hydrogen-bond donors (Lipinski definition) is 3. The fourth-order valence-electron chi connectivity index (χ4n) is 1.35. The van der Waals surface area contributed by atoms with Gasteiger partial charge in [-0.1, -0.05) is 11.3 Å². The third-order valence-electron chi connectivity index (χ3n) is 2.11. The summed E-state index contributed by atoms with van der Waals surface area (Å²) < 4.78 is 0. The molecule has 2 rings (SSSR count). The van der Waals surface area contributed by atoms with Gasteiger partial charge in [-0.2, -0.15) is 0 Å². The number of carbonyl (C=O) groups is 1. The summed E-state index contributed by atoms with van der Waals surface area (Å²) >= 11 is 1.23. The van der Waals surface area contributed by atoms with Crippen molar-refractivity contribution in [1.29, 1.82) is 0 Å². The molecule has 0 saturated carbocycles. The molecule has 0 aliphatic rings. The van der Waals surface area contributed by atoms with Gasteiger partial charge in [0.15, 0.2) is 5.13 Å². The molecule has 0 fully saturated rings. The third-order valence-corrected chi connectivity index (χ3v) is 3.13. The third kappa shape index (κ3) is 2.75. The van der Waals surface area contributed by atoms with Gasteiger partial charge in [0.25, 0.3) is 5.91 Å². The van der Waals surface area contributed by atoms with E-state index in [1.807, 2.05) is 6.92 Å². The molecule has 0 aliphatic carbocycles. The molecule has 6 nitrogen and oxygen atoms in total. The molecule has 0 radical (unpaired) electrons. The van der Waals surface area contributed by atoms with Crippen molar-refractivity contribution in [3.63, 3.8) is 0 Å². The van der Waals surface area contributed by atoms with Crippen LogP contribution in [0.2, 0.25) is 0 Å². The van der Waals surface area contributed by atoms with Crippen molar-refractivity contribution >= 4 is 33.9 Å². The Bertz CT molecular complexity index is 540. The summed E-state index contributed by atoms with van der Waals surface area (Å²) in [6, 6.07) is 3.50. The van der Waals surface area contributed by atoms with E-state index in [1.54, 1.807) is 24.5 Å². The minimum atomic E-state index is -0.276. The van der Waals surface area contributed by atoms with Crippen LogP contribution in [0.15, 0.2) is 24.5 Å². The van der Waals surface area contributed by atoms with E-state index in [-0.39, 0.29) is 11.7 Å². The molecule has 94 valence electrons. The number of hydrogen-bond acceptors (Lipinski definition) is 6. The monoisotopic (exact) mass is 263 g/mol. The van der Waals surface area contributed by atoms with Crippen molar-refractivity contribution in [3.05, 3.63) is 29.4 Å². The van der Waals surface area contributed by atoms with Gasteiger partial charge in [0.2, 0.25) is 0 Å². The largest absolute Gasteiger partial charge is 0.382 e. The van der Waals surface area contributed by atoms with Crippen LogP contribution in [0.4, 0.5) is 16.6 Å². The molecule has 0 unspecified atom stereocenters. The minimum Gasteiger partial charge on any atom is -0.382 e. The zero-order valence-corrected chi connectivity index (χ0v) is 10.6. The molecule has 7 heteroatoms. The fraction of sp³-hybridized carbons (Fsp3) is 0.182. The van der Waals surface area contributed by atoms with Gasteiger partial charge in [0.05, 0.1) is 11.9 Å². The first-order valence-corrected chi connectivity index (χ1v) is 6.24. The van der Waals surface area contributed by atoms with Crippen LogP contribution in [-0.2, 0) is 0 Å². The van der Waals surface area contributed by atoms with Crippen LogP contribution in [0.1, 0.15) is 16.6 Å². The highest BCUT2D eigenvalue weighted by molar-refractivity contribution is 7.18.